The minimum absolute atomic E-state index is 0.00722. The van der Waals surface area contributed by atoms with E-state index in [1.54, 1.807) is 6.92 Å². The van der Waals surface area contributed by atoms with Crippen molar-refractivity contribution in [2.24, 2.45) is 0 Å². The number of nitrogens with one attached hydrogen (secondary N) is 1. The van der Waals surface area contributed by atoms with Crippen LogP contribution >= 0.6 is 11.6 Å². The third-order valence-corrected chi connectivity index (χ3v) is 4.24. The first-order valence-electron chi connectivity index (χ1n) is 5.83. The van der Waals surface area contributed by atoms with E-state index in [0.717, 1.165) is 12.1 Å². The van der Waals surface area contributed by atoms with Crippen molar-refractivity contribution >= 4 is 21.6 Å². The normalized spacial score (nSPS) is 11.8. The largest absolute Gasteiger partial charge is 0.445 e. The third-order valence-electron chi connectivity index (χ3n) is 2.62. The zero-order valence-corrected chi connectivity index (χ0v) is 12.5. The molecule has 0 radical (unpaired) electrons. The maximum absolute atomic E-state index is 14.0. The summed E-state index contributed by atoms with van der Waals surface area (Å²) >= 11 is 5.73. The zero-order valence-electron chi connectivity index (χ0n) is 10.9. The van der Waals surface area contributed by atoms with Gasteiger partial charge in [0.15, 0.2) is 0 Å². The molecular formula is C12H12ClFN2O4S. The van der Waals surface area contributed by atoms with Crippen molar-refractivity contribution in [1.29, 1.82) is 0 Å². The summed E-state index contributed by atoms with van der Waals surface area (Å²) in [5.41, 5.74) is -0.199. The van der Waals surface area contributed by atoms with Crippen molar-refractivity contribution in [3.05, 3.63) is 46.4 Å². The molecule has 6 nitrogen and oxygen atoms in total. The molecule has 0 aliphatic heterocycles. The fraction of sp³-hybridized carbons (Fsp3) is 0.250. The van der Waals surface area contributed by atoms with Crippen LogP contribution in [-0.4, -0.2) is 18.5 Å². The molecule has 2 N–H and O–H groups in total. The smallest absolute Gasteiger partial charge is 0.244 e. The van der Waals surface area contributed by atoms with Gasteiger partial charge in [0.05, 0.1) is 19.3 Å². The Morgan fingerprint density at radius 3 is 2.76 bits per heavy atom. The van der Waals surface area contributed by atoms with Crippen LogP contribution in [0.1, 0.15) is 17.2 Å². The van der Waals surface area contributed by atoms with Gasteiger partial charge in [0.25, 0.3) is 0 Å². The number of oxazole rings is 1. The monoisotopic (exact) mass is 334 g/mol. The summed E-state index contributed by atoms with van der Waals surface area (Å²) in [5, 5.41) is 9.01. The number of nitrogens with zero attached hydrogens (tertiary/aromatic N) is 1. The van der Waals surface area contributed by atoms with E-state index in [1.807, 2.05) is 0 Å². The highest BCUT2D eigenvalue weighted by atomic mass is 35.5. The van der Waals surface area contributed by atoms with Gasteiger partial charge in [-0.25, -0.2) is 22.5 Å². The van der Waals surface area contributed by atoms with Gasteiger partial charge in [-0.15, -0.1) is 0 Å². The van der Waals surface area contributed by atoms with Gasteiger partial charge in [0.1, 0.15) is 16.5 Å². The fourth-order valence-electron chi connectivity index (χ4n) is 1.65. The SMILES string of the molecule is Cc1cnc(CNS(=O)(=O)c2cc(Cl)cc(CO)c2F)o1. The fourth-order valence-corrected chi connectivity index (χ4v) is 3.07. The Bertz CT molecular complexity index is 761. The molecular weight excluding hydrogens is 323 g/mol. The number of hydrogen-bond acceptors (Lipinski definition) is 5. The van der Waals surface area contributed by atoms with Gasteiger partial charge < -0.3 is 9.52 Å². The summed E-state index contributed by atoms with van der Waals surface area (Å²) in [6.07, 6.45) is 1.44. The van der Waals surface area contributed by atoms with Gasteiger partial charge in [-0.05, 0) is 19.1 Å². The van der Waals surface area contributed by atoms with Crippen LogP contribution in [0.15, 0.2) is 27.6 Å². The van der Waals surface area contributed by atoms with Gasteiger partial charge in [-0.3, -0.25) is 0 Å². The van der Waals surface area contributed by atoms with E-state index < -0.39 is 27.3 Å². The van der Waals surface area contributed by atoms with Crippen LogP contribution in [0.4, 0.5) is 4.39 Å². The van der Waals surface area contributed by atoms with Crippen LogP contribution in [-0.2, 0) is 23.2 Å². The highest BCUT2D eigenvalue weighted by Crippen LogP contribution is 2.24. The first-order valence-corrected chi connectivity index (χ1v) is 7.69. The molecule has 0 fully saturated rings. The van der Waals surface area contributed by atoms with E-state index in [4.69, 9.17) is 21.1 Å². The Hall–Kier alpha value is -1.48. The van der Waals surface area contributed by atoms with Crippen LogP contribution in [0.3, 0.4) is 0 Å². The van der Waals surface area contributed by atoms with E-state index in [9.17, 15) is 12.8 Å². The first kappa shape index (κ1) is 15.9. The van der Waals surface area contributed by atoms with E-state index in [-0.39, 0.29) is 23.0 Å². The molecule has 0 spiro atoms. The Balaban J connectivity index is 2.29. The van der Waals surface area contributed by atoms with Crippen LogP contribution in [0.5, 0.6) is 0 Å². The highest BCUT2D eigenvalue weighted by molar-refractivity contribution is 7.89. The topological polar surface area (TPSA) is 92.4 Å². The molecule has 1 heterocycles. The molecule has 21 heavy (non-hydrogen) atoms. The average molecular weight is 335 g/mol. The quantitative estimate of drug-likeness (QED) is 0.869. The van der Waals surface area contributed by atoms with Crippen molar-refractivity contribution < 1.29 is 22.3 Å². The second-order valence-electron chi connectivity index (χ2n) is 4.22. The van der Waals surface area contributed by atoms with Crippen molar-refractivity contribution in [3.63, 3.8) is 0 Å². The molecule has 0 aliphatic carbocycles. The summed E-state index contributed by atoms with van der Waals surface area (Å²) in [7, 11) is -4.16. The number of aromatic nitrogens is 1. The van der Waals surface area contributed by atoms with E-state index in [1.165, 1.54) is 6.20 Å². The molecule has 0 bridgehead atoms. The van der Waals surface area contributed by atoms with Gasteiger partial charge in [-0.1, -0.05) is 11.6 Å². The molecule has 2 rings (SSSR count). The molecule has 0 saturated carbocycles. The predicted octanol–water partition coefficient (Wildman–Crippen LogP) is 1.75. The number of aliphatic hydroxyl groups excluding tert-OH is 1. The molecule has 0 amide bonds. The lowest BCUT2D eigenvalue weighted by Crippen LogP contribution is -2.24. The lowest BCUT2D eigenvalue weighted by molar-refractivity contribution is 0.274. The number of halogens is 2. The number of benzene rings is 1. The van der Waals surface area contributed by atoms with E-state index in [0.29, 0.717) is 5.76 Å². The predicted molar refractivity (Wildman–Crippen MR) is 72.6 cm³/mol. The minimum Gasteiger partial charge on any atom is -0.445 e. The molecule has 0 saturated heterocycles. The Morgan fingerprint density at radius 1 is 1.48 bits per heavy atom. The first-order chi connectivity index (χ1) is 9.83. The third kappa shape index (κ3) is 3.59. The molecule has 9 heteroatoms. The van der Waals surface area contributed by atoms with Crippen LogP contribution < -0.4 is 4.72 Å². The maximum atomic E-state index is 14.0. The summed E-state index contributed by atoms with van der Waals surface area (Å²) in [5.74, 6) is -0.362. The Morgan fingerprint density at radius 2 is 2.19 bits per heavy atom. The molecule has 1 aromatic heterocycles. The molecule has 114 valence electrons. The van der Waals surface area contributed by atoms with Crippen molar-refractivity contribution in [1.82, 2.24) is 9.71 Å². The highest BCUT2D eigenvalue weighted by Gasteiger charge is 2.22. The minimum atomic E-state index is -4.16. The van der Waals surface area contributed by atoms with Crippen LogP contribution in [0, 0.1) is 12.7 Å². The maximum Gasteiger partial charge on any atom is 0.244 e. The standard InChI is InChI=1S/C12H12ClFN2O4S/c1-7-4-15-11(20-7)5-16-21(18,19)10-3-9(13)2-8(6-17)12(10)14/h2-4,16-17H,5-6H2,1H3. The Labute approximate surface area is 125 Å². The van der Waals surface area contributed by atoms with Gasteiger partial charge in [-0.2, -0.15) is 0 Å². The van der Waals surface area contributed by atoms with Crippen LogP contribution in [0.2, 0.25) is 5.02 Å². The summed E-state index contributed by atoms with van der Waals surface area (Å²) in [6.45, 7) is 0.777. The molecule has 0 atom stereocenters. The summed E-state index contributed by atoms with van der Waals surface area (Å²) in [6, 6.07) is 2.13. The average Bonchev–Trinajstić information content (AvgIpc) is 2.84. The van der Waals surface area contributed by atoms with Crippen LogP contribution in [0.25, 0.3) is 0 Å². The summed E-state index contributed by atoms with van der Waals surface area (Å²) < 4.78 is 45.5. The Kier molecular flexibility index (Phi) is 4.62. The lowest BCUT2D eigenvalue weighted by atomic mass is 10.2. The molecule has 2 aromatic rings. The number of aliphatic hydroxyl groups is 1. The van der Waals surface area contributed by atoms with Crippen molar-refractivity contribution in [2.75, 3.05) is 0 Å². The van der Waals surface area contributed by atoms with Gasteiger partial charge in [0.2, 0.25) is 15.9 Å². The molecule has 0 aliphatic rings. The second kappa shape index (κ2) is 6.10. The number of aryl methyl sites for hydroxylation is 1. The van der Waals surface area contributed by atoms with Gasteiger partial charge in [0, 0.05) is 10.6 Å². The van der Waals surface area contributed by atoms with Crippen molar-refractivity contribution in [3.8, 4) is 0 Å². The number of sulfonamides is 1. The van der Waals surface area contributed by atoms with E-state index >= 15 is 0 Å². The van der Waals surface area contributed by atoms with Gasteiger partial charge >= 0.3 is 0 Å². The van der Waals surface area contributed by atoms with E-state index in [2.05, 4.69) is 9.71 Å². The second-order valence-corrected chi connectivity index (χ2v) is 6.40. The molecule has 0 unspecified atom stereocenters. The zero-order chi connectivity index (χ0) is 15.6. The number of hydrogen-bond donors (Lipinski definition) is 2. The lowest BCUT2D eigenvalue weighted by Gasteiger charge is -2.09. The summed E-state index contributed by atoms with van der Waals surface area (Å²) in [4.78, 5) is 3.20. The molecule has 1 aromatic carbocycles. The van der Waals surface area contributed by atoms with Crippen molar-refractivity contribution in [2.45, 2.75) is 25.0 Å². The number of rotatable bonds is 5.